The van der Waals surface area contributed by atoms with E-state index in [0.717, 1.165) is 19.1 Å². The van der Waals surface area contributed by atoms with Gasteiger partial charge in [0.15, 0.2) is 0 Å². The van der Waals surface area contributed by atoms with Crippen molar-refractivity contribution in [3.63, 3.8) is 0 Å². The zero-order chi connectivity index (χ0) is 8.69. The number of carbonyl (C=O) groups excluding carboxylic acids is 2. The SMILES string of the molecule is C[C@H](C=O)CCCNC(N)=O. The van der Waals surface area contributed by atoms with E-state index < -0.39 is 6.03 Å². The van der Waals surface area contributed by atoms with Crippen LogP contribution in [0, 0.1) is 5.92 Å². The van der Waals surface area contributed by atoms with Gasteiger partial charge in [-0.2, -0.15) is 0 Å². The van der Waals surface area contributed by atoms with E-state index in [9.17, 15) is 9.59 Å². The number of nitrogens with one attached hydrogen (secondary N) is 1. The third kappa shape index (κ3) is 6.83. The maximum Gasteiger partial charge on any atom is 0.312 e. The molecule has 0 spiro atoms. The van der Waals surface area contributed by atoms with E-state index in [0.29, 0.717) is 6.54 Å². The Morgan fingerprint density at radius 2 is 2.36 bits per heavy atom. The van der Waals surface area contributed by atoms with Gasteiger partial charge in [-0.25, -0.2) is 4.79 Å². The van der Waals surface area contributed by atoms with Gasteiger partial charge in [0.25, 0.3) is 0 Å². The molecule has 64 valence electrons. The summed E-state index contributed by atoms with van der Waals surface area (Å²) in [5.41, 5.74) is 4.82. The molecule has 0 heterocycles. The zero-order valence-corrected chi connectivity index (χ0v) is 6.67. The van der Waals surface area contributed by atoms with Crippen LogP contribution in [0.15, 0.2) is 0 Å². The first-order valence-corrected chi connectivity index (χ1v) is 3.65. The first-order chi connectivity index (χ1) is 5.16. The van der Waals surface area contributed by atoms with Crippen LogP contribution < -0.4 is 11.1 Å². The minimum atomic E-state index is -0.510. The number of hydrogen-bond acceptors (Lipinski definition) is 2. The standard InChI is InChI=1S/C7H14N2O2/c1-6(5-10)3-2-4-9-7(8)11/h5-6H,2-4H2,1H3,(H3,8,9,11)/t6-/m0/s1. The number of primary amides is 1. The van der Waals surface area contributed by atoms with Crippen LogP contribution in [0.3, 0.4) is 0 Å². The first-order valence-electron chi connectivity index (χ1n) is 3.65. The molecule has 0 unspecified atom stereocenters. The molecule has 4 nitrogen and oxygen atoms in total. The van der Waals surface area contributed by atoms with E-state index in [1.807, 2.05) is 6.92 Å². The third-order valence-electron chi connectivity index (χ3n) is 1.37. The lowest BCUT2D eigenvalue weighted by molar-refractivity contribution is -0.110. The van der Waals surface area contributed by atoms with Crippen LogP contribution in [0.4, 0.5) is 4.79 Å². The topological polar surface area (TPSA) is 72.2 Å². The zero-order valence-electron chi connectivity index (χ0n) is 6.67. The molecule has 0 saturated heterocycles. The number of rotatable bonds is 5. The van der Waals surface area contributed by atoms with Crippen molar-refractivity contribution in [2.45, 2.75) is 19.8 Å². The summed E-state index contributed by atoms with van der Waals surface area (Å²) in [7, 11) is 0. The van der Waals surface area contributed by atoms with E-state index >= 15 is 0 Å². The lowest BCUT2D eigenvalue weighted by Crippen LogP contribution is -2.30. The molecular formula is C7H14N2O2. The number of aldehydes is 1. The molecule has 4 heteroatoms. The van der Waals surface area contributed by atoms with E-state index in [2.05, 4.69) is 5.32 Å². The third-order valence-corrected chi connectivity index (χ3v) is 1.37. The fraction of sp³-hybridized carbons (Fsp3) is 0.714. The summed E-state index contributed by atoms with van der Waals surface area (Å²) in [5.74, 6) is 0.0738. The Balaban J connectivity index is 3.14. The Morgan fingerprint density at radius 1 is 1.73 bits per heavy atom. The molecule has 11 heavy (non-hydrogen) atoms. The number of nitrogens with two attached hydrogens (primary N) is 1. The normalized spacial score (nSPS) is 12.1. The lowest BCUT2D eigenvalue weighted by Gasteiger charge is -2.02. The molecule has 0 fully saturated rings. The quantitative estimate of drug-likeness (QED) is 0.445. The highest BCUT2D eigenvalue weighted by Gasteiger charge is 1.98. The van der Waals surface area contributed by atoms with Gasteiger partial charge >= 0.3 is 6.03 Å². The average Bonchev–Trinajstić information content (AvgIpc) is 1.97. The minimum Gasteiger partial charge on any atom is -0.352 e. The van der Waals surface area contributed by atoms with Crippen molar-refractivity contribution in [2.24, 2.45) is 11.7 Å². The van der Waals surface area contributed by atoms with Crippen LogP contribution >= 0.6 is 0 Å². The molecule has 0 radical (unpaired) electrons. The Kier molecular flexibility index (Phi) is 5.15. The van der Waals surface area contributed by atoms with Gasteiger partial charge in [0.1, 0.15) is 6.29 Å². The van der Waals surface area contributed by atoms with Crippen molar-refractivity contribution in [1.82, 2.24) is 5.32 Å². The van der Waals surface area contributed by atoms with Gasteiger partial charge in [-0.15, -0.1) is 0 Å². The number of urea groups is 1. The van der Waals surface area contributed by atoms with Crippen LogP contribution in [-0.4, -0.2) is 18.9 Å². The van der Waals surface area contributed by atoms with Gasteiger partial charge in [0.05, 0.1) is 0 Å². The molecule has 0 aromatic carbocycles. The van der Waals surface area contributed by atoms with Crippen molar-refractivity contribution in [3.8, 4) is 0 Å². The highest BCUT2D eigenvalue weighted by Crippen LogP contribution is 1.99. The summed E-state index contributed by atoms with van der Waals surface area (Å²) in [6, 6.07) is -0.510. The second-order valence-corrected chi connectivity index (χ2v) is 2.55. The van der Waals surface area contributed by atoms with Gasteiger partial charge in [-0.3, -0.25) is 0 Å². The Bertz CT molecular complexity index is 136. The van der Waals surface area contributed by atoms with Crippen LogP contribution in [0.1, 0.15) is 19.8 Å². The smallest absolute Gasteiger partial charge is 0.312 e. The van der Waals surface area contributed by atoms with Gasteiger partial charge in [0.2, 0.25) is 0 Å². The molecule has 0 saturated carbocycles. The van der Waals surface area contributed by atoms with Crippen molar-refractivity contribution >= 4 is 12.3 Å². The van der Waals surface area contributed by atoms with Crippen LogP contribution in [-0.2, 0) is 4.79 Å². The van der Waals surface area contributed by atoms with E-state index in [4.69, 9.17) is 5.73 Å². The van der Waals surface area contributed by atoms with Gasteiger partial charge < -0.3 is 15.8 Å². The fourth-order valence-electron chi connectivity index (χ4n) is 0.704. The summed E-state index contributed by atoms with van der Waals surface area (Å²) in [5, 5.41) is 2.45. The maximum absolute atomic E-state index is 10.2. The molecule has 0 bridgehead atoms. The second-order valence-electron chi connectivity index (χ2n) is 2.55. The van der Waals surface area contributed by atoms with Crippen molar-refractivity contribution in [3.05, 3.63) is 0 Å². The summed E-state index contributed by atoms with van der Waals surface area (Å²) in [4.78, 5) is 20.3. The van der Waals surface area contributed by atoms with E-state index in [-0.39, 0.29) is 5.92 Å². The molecular weight excluding hydrogens is 144 g/mol. The fourth-order valence-corrected chi connectivity index (χ4v) is 0.704. The molecule has 0 aliphatic carbocycles. The highest BCUT2D eigenvalue weighted by atomic mass is 16.2. The van der Waals surface area contributed by atoms with E-state index in [1.165, 1.54) is 0 Å². The Hall–Kier alpha value is -1.06. The van der Waals surface area contributed by atoms with Gasteiger partial charge in [-0.1, -0.05) is 6.92 Å². The molecule has 3 N–H and O–H groups in total. The summed E-state index contributed by atoms with van der Waals surface area (Å²) >= 11 is 0. The second kappa shape index (κ2) is 5.70. The maximum atomic E-state index is 10.2. The van der Waals surface area contributed by atoms with Crippen LogP contribution in [0.5, 0.6) is 0 Å². The molecule has 0 aliphatic heterocycles. The Morgan fingerprint density at radius 3 is 2.82 bits per heavy atom. The number of carbonyl (C=O) groups is 2. The molecule has 1 atom stereocenters. The van der Waals surface area contributed by atoms with Gasteiger partial charge in [0, 0.05) is 12.5 Å². The average molecular weight is 158 g/mol. The first kappa shape index (κ1) is 9.94. The predicted molar refractivity (Wildman–Crippen MR) is 42.0 cm³/mol. The molecule has 0 aliphatic rings. The number of hydrogen-bond donors (Lipinski definition) is 2. The molecule has 2 amide bonds. The van der Waals surface area contributed by atoms with Crippen LogP contribution in [0.25, 0.3) is 0 Å². The van der Waals surface area contributed by atoms with E-state index in [1.54, 1.807) is 0 Å². The molecule has 0 aromatic rings. The summed E-state index contributed by atoms with van der Waals surface area (Å²) in [6.45, 7) is 2.39. The van der Waals surface area contributed by atoms with Crippen LogP contribution in [0.2, 0.25) is 0 Å². The van der Waals surface area contributed by atoms with Crippen molar-refractivity contribution in [1.29, 1.82) is 0 Å². The summed E-state index contributed by atoms with van der Waals surface area (Å²) < 4.78 is 0. The molecule has 0 aromatic heterocycles. The Labute approximate surface area is 66.1 Å². The number of amides is 2. The highest BCUT2D eigenvalue weighted by molar-refractivity contribution is 5.71. The largest absolute Gasteiger partial charge is 0.352 e. The summed E-state index contributed by atoms with van der Waals surface area (Å²) in [6.07, 6.45) is 2.50. The lowest BCUT2D eigenvalue weighted by atomic mass is 10.1. The monoisotopic (exact) mass is 158 g/mol. The predicted octanol–water partition coefficient (Wildman–Crippen LogP) is 0.270. The minimum absolute atomic E-state index is 0.0738. The van der Waals surface area contributed by atoms with Crippen molar-refractivity contribution in [2.75, 3.05) is 6.54 Å². The molecule has 0 rings (SSSR count). The van der Waals surface area contributed by atoms with Gasteiger partial charge in [-0.05, 0) is 12.8 Å². The van der Waals surface area contributed by atoms with Crippen molar-refractivity contribution < 1.29 is 9.59 Å².